The van der Waals surface area contributed by atoms with Crippen LogP contribution in [0.25, 0.3) is 17.1 Å². The Morgan fingerprint density at radius 2 is 2.08 bits per heavy atom. The van der Waals surface area contributed by atoms with E-state index in [1.54, 1.807) is 23.3 Å². The van der Waals surface area contributed by atoms with Crippen LogP contribution in [-0.4, -0.2) is 27.2 Å². The highest BCUT2D eigenvalue weighted by Crippen LogP contribution is 2.27. The molecule has 1 amide bonds. The zero-order chi connectivity index (χ0) is 16.5. The third-order valence-electron chi connectivity index (χ3n) is 4.12. The van der Waals surface area contributed by atoms with Crippen LogP contribution in [0.15, 0.2) is 47.3 Å². The van der Waals surface area contributed by atoms with Crippen molar-refractivity contribution >= 4 is 5.91 Å². The number of furan rings is 1. The van der Waals surface area contributed by atoms with E-state index in [0.717, 1.165) is 16.8 Å². The molecule has 1 aromatic carbocycles. The van der Waals surface area contributed by atoms with E-state index in [0.29, 0.717) is 18.3 Å². The zero-order valence-corrected chi connectivity index (χ0v) is 13.4. The fourth-order valence-corrected chi connectivity index (χ4v) is 2.49. The predicted molar refractivity (Wildman–Crippen MR) is 88.9 cm³/mol. The Bertz CT molecular complexity index is 846. The monoisotopic (exact) mass is 322 g/mol. The second-order valence-electron chi connectivity index (χ2n) is 6.17. The Hall–Kier alpha value is -2.89. The molecule has 6 nitrogen and oxygen atoms in total. The molecule has 0 atom stereocenters. The van der Waals surface area contributed by atoms with Crippen LogP contribution in [0.4, 0.5) is 0 Å². The van der Waals surface area contributed by atoms with E-state index in [-0.39, 0.29) is 11.7 Å². The van der Waals surface area contributed by atoms with E-state index in [4.69, 9.17) is 4.42 Å². The van der Waals surface area contributed by atoms with Gasteiger partial charge >= 0.3 is 0 Å². The van der Waals surface area contributed by atoms with E-state index in [1.165, 1.54) is 12.8 Å². The largest absolute Gasteiger partial charge is 0.472 e. The number of nitrogens with zero attached hydrogens (tertiary/aromatic N) is 3. The lowest BCUT2D eigenvalue weighted by Crippen LogP contribution is -2.26. The summed E-state index contributed by atoms with van der Waals surface area (Å²) in [5.74, 6) is 1.13. The molecule has 1 aliphatic rings. The minimum atomic E-state index is -0.238. The van der Waals surface area contributed by atoms with Crippen molar-refractivity contribution in [3.8, 4) is 17.1 Å². The summed E-state index contributed by atoms with van der Waals surface area (Å²) in [5.41, 5.74) is 2.79. The molecule has 2 heterocycles. The van der Waals surface area contributed by atoms with Gasteiger partial charge in [0.2, 0.25) is 5.82 Å². The minimum absolute atomic E-state index is 0.174. The smallest absolute Gasteiger partial charge is 0.291 e. The topological polar surface area (TPSA) is 73.0 Å². The molecule has 2 aromatic heterocycles. The first-order valence-electron chi connectivity index (χ1n) is 8.05. The van der Waals surface area contributed by atoms with Crippen molar-refractivity contribution < 1.29 is 9.21 Å². The van der Waals surface area contributed by atoms with Gasteiger partial charge in [-0.2, -0.15) is 0 Å². The third kappa shape index (κ3) is 2.95. The number of carbonyl (C=O) groups is 1. The van der Waals surface area contributed by atoms with Gasteiger partial charge in [0.05, 0.1) is 17.5 Å². The Morgan fingerprint density at radius 1 is 1.29 bits per heavy atom. The lowest BCUT2D eigenvalue weighted by atomic mass is 10.2. The van der Waals surface area contributed by atoms with Crippen molar-refractivity contribution in [2.75, 3.05) is 6.54 Å². The summed E-state index contributed by atoms with van der Waals surface area (Å²) in [6, 6.07) is 9.73. The van der Waals surface area contributed by atoms with Gasteiger partial charge in [0.1, 0.15) is 6.26 Å². The number of hydrogen-bond acceptors (Lipinski definition) is 4. The average molecular weight is 322 g/mol. The second-order valence-corrected chi connectivity index (χ2v) is 6.17. The predicted octanol–water partition coefficient (Wildman–Crippen LogP) is 2.98. The maximum atomic E-state index is 12.3. The normalized spacial score (nSPS) is 13.9. The summed E-state index contributed by atoms with van der Waals surface area (Å²) in [5, 5.41) is 7.32. The van der Waals surface area contributed by atoms with Crippen molar-refractivity contribution in [3.63, 3.8) is 0 Å². The lowest BCUT2D eigenvalue weighted by molar-refractivity contribution is 0.0941. The fraction of sp³-hybridized carbons (Fsp3) is 0.278. The molecule has 1 saturated carbocycles. The van der Waals surface area contributed by atoms with Crippen molar-refractivity contribution in [1.29, 1.82) is 0 Å². The van der Waals surface area contributed by atoms with Gasteiger partial charge in [-0.15, -0.1) is 5.10 Å². The molecule has 6 heteroatoms. The van der Waals surface area contributed by atoms with Crippen molar-refractivity contribution in [3.05, 3.63) is 54.2 Å². The van der Waals surface area contributed by atoms with Crippen LogP contribution in [0.5, 0.6) is 0 Å². The molecule has 122 valence electrons. The standard InChI is InChI=1S/C18H18N4O2/c1-12-2-6-15(7-3-12)22-17(14-8-9-24-11-14)20-16(21-22)18(23)19-10-13-4-5-13/h2-3,6-9,11,13H,4-5,10H2,1H3,(H,19,23). The first-order valence-corrected chi connectivity index (χ1v) is 8.05. The molecule has 1 aliphatic carbocycles. The molecule has 3 aromatic rings. The Kier molecular flexibility index (Phi) is 3.65. The van der Waals surface area contributed by atoms with Crippen LogP contribution in [0.3, 0.4) is 0 Å². The van der Waals surface area contributed by atoms with Gasteiger partial charge in [-0.25, -0.2) is 9.67 Å². The van der Waals surface area contributed by atoms with E-state index in [1.807, 2.05) is 31.2 Å². The summed E-state index contributed by atoms with van der Waals surface area (Å²) in [6.45, 7) is 2.72. The van der Waals surface area contributed by atoms with E-state index < -0.39 is 0 Å². The van der Waals surface area contributed by atoms with Gasteiger partial charge in [-0.3, -0.25) is 4.79 Å². The highest BCUT2D eigenvalue weighted by atomic mass is 16.3. The van der Waals surface area contributed by atoms with E-state index >= 15 is 0 Å². The van der Waals surface area contributed by atoms with Crippen molar-refractivity contribution in [2.45, 2.75) is 19.8 Å². The lowest BCUT2D eigenvalue weighted by Gasteiger charge is -2.04. The van der Waals surface area contributed by atoms with Gasteiger partial charge in [0, 0.05) is 6.54 Å². The number of benzene rings is 1. The van der Waals surface area contributed by atoms with Crippen LogP contribution >= 0.6 is 0 Å². The number of amides is 1. The van der Waals surface area contributed by atoms with Gasteiger partial charge < -0.3 is 9.73 Å². The molecule has 0 radical (unpaired) electrons. The first-order chi connectivity index (χ1) is 11.7. The maximum Gasteiger partial charge on any atom is 0.291 e. The Morgan fingerprint density at radius 3 is 2.75 bits per heavy atom. The molecule has 0 spiro atoms. The molecule has 1 N–H and O–H groups in total. The molecule has 0 aliphatic heterocycles. The Labute approximate surface area is 139 Å². The van der Waals surface area contributed by atoms with Gasteiger partial charge in [-0.1, -0.05) is 17.7 Å². The van der Waals surface area contributed by atoms with Gasteiger partial charge in [0.15, 0.2) is 5.82 Å². The van der Waals surface area contributed by atoms with Crippen LogP contribution in [0, 0.1) is 12.8 Å². The van der Waals surface area contributed by atoms with Gasteiger partial charge in [-0.05, 0) is 43.9 Å². The number of aryl methyl sites for hydroxylation is 1. The van der Waals surface area contributed by atoms with E-state index in [2.05, 4.69) is 15.4 Å². The highest BCUT2D eigenvalue weighted by Gasteiger charge is 2.24. The van der Waals surface area contributed by atoms with Crippen LogP contribution in [-0.2, 0) is 0 Å². The molecule has 0 unspecified atom stereocenters. The summed E-state index contributed by atoms with van der Waals surface area (Å²) < 4.78 is 6.83. The zero-order valence-electron chi connectivity index (χ0n) is 13.4. The summed E-state index contributed by atoms with van der Waals surface area (Å²) in [4.78, 5) is 16.8. The quantitative estimate of drug-likeness (QED) is 0.784. The van der Waals surface area contributed by atoms with Crippen LogP contribution in [0.1, 0.15) is 29.0 Å². The SMILES string of the molecule is Cc1ccc(-n2nc(C(=O)NCC3CC3)nc2-c2ccoc2)cc1. The number of rotatable bonds is 5. The van der Waals surface area contributed by atoms with E-state index in [9.17, 15) is 4.79 Å². The molecule has 4 rings (SSSR count). The second kappa shape index (κ2) is 5.96. The molecule has 1 fully saturated rings. The van der Waals surface area contributed by atoms with Crippen molar-refractivity contribution in [1.82, 2.24) is 20.1 Å². The Balaban J connectivity index is 1.70. The summed E-state index contributed by atoms with van der Waals surface area (Å²) in [7, 11) is 0. The van der Waals surface area contributed by atoms with Crippen LogP contribution in [0.2, 0.25) is 0 Å². The molecule has 0 bridgehead atoms. The fourth-order valence-electron chi connectivity index (χ4n) is 2.49. The average Bonchev–Trinajstić information content (AvgIpc) is 3.09. The number of nitrogens with one attached hydrogen (secondary N) is 1. The summed E-state index contributed by atoms with van der Waals surface area (Å²) in [6.07, 6.45) is 5.55. The number of aromatic nitrogens is 3. The molecular formula is C18H18N4O2. The number of hydrogen-bond donors (Lipinski definition) is 1. The third-order valence-corrected chi connectivity index (χ3v) is 4.12. The maximum absolute atomic E-state index is 12.3. The first kappa shape index (κ1) is 14.7. The summed E-state index contributed by atoms with van der Waals surface area (Å²) >= 11 is 0. The number of carbonyl (C=O) groups excluding carboxylic acids is 1. The van der Waals surface area contributed by atoms with Crippen molar-refractivity contribution in [2.24, 2.45) is 5.92 Å². The van der Waals surface area contributed by atoms with Gasteiger partial charge in [0.25, 0.3) is 5.91 Å². The molecular weight excluding hydrogens is 304 g/mol. The highest BCUT2D eigenvalue weighted by molar-refractivity contribution is 5.91. The minimum Gasteiger partial charge on any atom is -0.472 e. The molecule has 24 heavy (non-hydrogen) atoms. The van der Waals surface area contributed by atoms with Crippen LogP contribution < -0.4 is 5.32 Å². The molecule has 0 saturated heterocycles.